The number of rotatable bonds is 4. The van der Waals surface area contributed by atoms with Crippen molar-refractivity contribution >= 4 is 21.8 Å². The minimum atomic E-state index is 0.480. The zero-order valence-corrected chi connectivity index (χ0v) is 22.4. The monoisotopic (exact) mass is 510 g/mol. The van der Waals surface area contributed by atoms with Gasteiger partial charge in [0.15, 0.2) is 0 Å². The molecule has 6 nitrogen and oxygen atoms in total. The Morgan fingerprint density at radius 2 is 1.74 bits per heavy atom. The third-order valence-corrected chi connectivity index (χ3v) is 10.0. The van der Waals surface area contributed by atoms with Crippen LogP contribution in [0.2, 0.25) is 0 Å². The highest BCUT2D eigenvalue weighted by molar-refractivity contribution is 5.91. The van der Waals surface area contributed by atoms with Gasteiger partial charge in [-0.1, -0.05) is 6.07 Å². The van der Waals surface area contributed by atoms with Crippen molar-refractivity contribution in [3.63, 3.8) is 0 Å². The number of aromatic amines is 2. The first-order valence-corrected chi connectivity index (χ1v) is 14.7. The fourth-order valence-corrected chi connectivity index (χ4v) is 8.11. The van der Waals surface area contributed by atoms with Gasteiger partial charge in [-0.3, -0.25) is 9.80 Å². The number of methoxy groups -OCH3 is 1. The summed E-state index contributed by atoms with van der Waals surface area (Å²) in [5.74, 6) is 2.00. The predicted octanol–water partition coefficient (Wildman–Crippen LogP) is 5.23. The number of H-pyrrole nitrogens is 2. The lowest BCUT2D eigenvalue weighted by Gasteiger charge is -2.28. The quantitative estimate of drug-likeness (QED) is 0.395. The summed E-state index contributed by atoms with van der Waals surface area (Å²) < 4.78 is 12.2. The molecule has 0 saturated carbocycles. The Morgan fingerprint density at radius 3 is 2.68 bits per heavy atom. The smallest absolute Gasteiger partial charge is 0.129 e. The molecular weight excluding hydrogens is 472 g/mol. The van der Waals surface area contributed by atoms with Gasteiger partial charge in [0, 0.05) is 83.3 Å². The number of aromatic nitrogens is 2. The molecule has 0 bridgehead atoms. The van der Waals surface area contributed by atoms with E-state index in [0.29, 0.717) is 18.1 Å². The van der Waals surface area contributed by atoms with E-state index in [4.69, 9.17) is 9.47 Å². The number of fused-ring (bicyclic) bond motifs is 8. The minimum Gasteiger partial charge on any atom is -0.497 e. The topological polar surface area (TPSA) is 56.5 Å². The molecule has 4 aliphatic rings. The maximum absolute atomic E-state index is 6.73. The van der Waals surface area contributed by atoms with Gasteiger partial charge in [0.25, 0.3) is 0 Å². The zero-order chi connectivity index (χ0) is 25.2. The van der Waals surface area contributed by atoms with Gasteiger partial charge in [-0.15, -0.1) is 0 Å². The Hall–Kier alpha value is -2.96. The van der Waals surface area contributed by atoms with Gasteiger partial charge in [0.2, 0.25) is 0 Å². The minimum absolute atomic E-state index is 0.480. The third-order valence-electron chi connectivity index (χ3n) is 10.0. The van der Waals surface area contributed by atoms with E-state index in [1.165, 1.54) is 83.1 Å². The summed E-state index contributed by atoms with van der Waals surface area (Å²) >= 11 is 0. The Labute approximate surface area is 224 Å². The number of ether oxygens (including phenoxy) is 2. The molecule has 8 rings (SSSR count). The fourth-order valence-electron chi connectivity index (χ4n) is 8.11. The van der Waals surface area contributed by atoms with Crippen LogP contribution in [0.25, 0.3) is 21.8 Å². The van der Waals surface area contributed by atoms with E-state index in [9.17, 15) is 0 Å². The average molecular weight is 511 g/mol. The van der Waals surface area contributed by atoms with Crippen molar-refractivity contribution in [2.24, 2.45) is 0 Å². The normalized spacial score (nSPS) is 25.6. The molecule has 0 spiro atoms. The summed E-state index contributed by atoms with van der Waals surface area (Å²) in [7, 11) is 1.74. The summed E-state index contributed by atoms with van der Waals surface area (Å²) in [6, 6.07) is 14.8. The molecule has 1 unspecified atom stereocenters. The SMILES string of the molecule is COc1ccc2c3c([nH]c2c1)CCN1C(COc2cccc4[nH]c5c(c24)C[C@H]2CCCN2CC5)CC[C@H]1C3. The highest BCUT2D eigenvalue weighted by Crippen LogP contribution is 2.38. The van der Waals surface area contributed by atoms with Crippen molar-refractivity contribution in [1.82, 2.24) is 19.8 Å². The lowest BCUT2D eigenvalue weighted by molar-refractivity contribution is 0.144. The highest BCUT2D eigenvalue weighted by Gasteiger charge is 2.37. The Bertz CT molecular complexity index is 1500. The summed E-state index contributed by atoms with van der Waals surface area (Å²) in [6.45, 7) is 4.32. The molecule has 3 atom stereocenters. The van der Waals surface area contributed by atoms with Gasteiger partial charge < -0.3 is 19.4 Å². The van der Waals surface area contributed by atoms with Crippen LogP contribution in [0, 0.1) is 0 Å². The lowest BCUT2D eigenvalue weighted by atomic mass is 10.0. The largest absolute Gasteiger partial charge is 0.497 e. The lowest BCUT2D eigenvalue weighted by Crippen LogP contribution is -2.40. The summed E-state index contributed by atoms with van der Waals surface area (Å²) in [4.78, 5) is 12.9. The van der Waals surface area contributed by atoms with Gasteiger partial charge >= 0.3 is 0 Å². The number of hydrogen-bond acceptors (Lipinski definition) is 4. The number of nitrogens with zero attached hydrogens (tertiary/aromatic N) is 2. The maximum Gasteiger partial charge on any atom is 0.129 e. The first-order chi connectivity index (χ1) is 18.7. The highest BCUT2D eigenvalue weighted by atomic mass is 16.5. The zero-order valence-electron chi connectivity index (χ0n) is 22.4. The van der Waals surface area contributed by atoms with Gasteiger partial charge in [-0.05, 0) is 80.5 Å². The molecule has 198 valence electrons. The summed E-state index contributed by atoms with van der Waals surface area (Å²) in [6.07, 6.45) is 9.61. The average Bonchev–Trinajstić information content (AvgIpc) is 3.67. The van der Waals surface area contributed by atoms with Gasteiger partial charge in [0.05, 0.1) is 7.11 Å². The van der Waals surface area contributed by atoms with E-state index in [-0.39, 0.29) is 0 Å². The van der Waals surface area contributed by atoms with E-state index in [1.807, 2.05) is 0 Å². The van der Waals surface area contributed by atoms with Gasteiger partial charge in [-0.25, -0.2) is 0 Å². The third kappa shape index (κ3) is 3.68. The van der Waals surface area contributed by atoms with Crippen molar-refractivity contribution in [2.45, 2.75) is 69.5 Å². The van der Waals surface area contributed by atoms with Crippen molar-refractivity contribution in [3.05, 3.63) is 58.9 Å². The number of benzene rings is 2. The molecule has 2 fully saturated rings. The van der Waals surface area contributed by atoms with E-state index < -0.39 is 0 Å². The second-order valence-corrected chi connectivity index (χ2v) is 11.9. The molecule has 6 heteroatoms. The van der Waals surface area contributed by atoms with Crippen molar-refractivity contribution in [3.8, 4) is 11.5 Å². The van der Waals surface area contributed by atoms with Crippen molar-refractivity contribution in [2.75, 3.05) is 33.4 Å². The molecule has 4 aliphatic heterocycles. The van der Waals surface area contributed by atoms with Crippen LogP contribution in [0.4, 0.5) is 0 Å². The van der Waals surface area contributed by atoms with Crippen LogP contribution in [0.5, 0.6) is 11.5 Å². The van der Waals surface area contributed by atoms with Crippen LogP contribution in [-0.4, -0.2) is 71.2 Å². The number of hydrogen-bond donors (Lipinski definition) is 2. The first kappa shape index (κ1) is 23.0. The number of nitrogens with one attached hydrogen (secondary N) is 2. The predicted molar refractivity (Wildman–Crippen MR) is 152 cm³/mol. The van der Waals surface area contributed by atoms with Crippen molar-refractivity contribution in [1.29, 1.82) is 0 Å². The molecule has 2 aromatic heterocycles. The first-order valence-electron chi connectivity index (χ1n) is 14.7. The van der Waals surface area contributed by atoms with Crippen LogP contribution in [-0.2, 0) is 25.7 Å². The van der Waals surface area contributed by atoms with Crippen LogP contribution in [0.15, 0.2) is 36.4 Å². The second kappa shape index (κ2) is 9.06. The maximum atomic E-state index is 6.73. The molecule has 0 aliphatic carbocycles. The van der Waals surface area contributed by atoms with Crippen LogP contribution in [0.1, 0.15) is 48.2 Å². The Balaban J connectivity index is 1.02. The fraction of sp³-hybridized carbons (Fsp3) is 0.500. The van der Waals surface area contributed by atoms with Crippen LogP contribution < -0.4 is 9.47 Å². The molecule has 2 N–H and O–H groups in total. The molecule has 38 heavy (non-hydrogen) atoms. The molecule has 2 saturated heterocycles. The van der Waals surface area contributed by atoms with E-state index in [2.05, 4.69) is 56.2 Å². The van der Waals surface area contributed by atoms with Gasteiger partial charge in [0.1, 0.15) is 18.1 Å². The standard InChI is InChI=1S/C32H38N4O2/c1-37-23-9-10-24-25-17-21-7-8-22(36(21)15-12-27(25)34-30(24)18-23)19-38-31-6-2-5-29-32(31)26-16-20-4-3-13-35(20)14-11-28(26)33-29/h2,5-6,9-10,18,20-22,33-34H,3-4,7-8,11-17,19H2,1H3/t20-,21+,22?/m1/s1. The second-order valence-electron chi connectivity index (χ2n) is 11.9. The molecule has 4 aromatic rings. The van der Waals surface area contributed by atoms with Gasteiger partial charge in [-0.2, -0.15) is 0 Å². The molecule has 0 radical (unpaired) electrons. The molecule has 2 aromatic carbocycles. The van der Waals surface area contributed by atoms with Crippen LogP contribution >= 0.6 is 0 Å². The summed E-state index contributed by atoms with van der Waals surface area (Å²) in [5, 5.41) is 2.71. The molecule has 6 heterocycles. The molecular formula is C32H38N4O2. The summed E-state index contributed by atoms with van der Waals surface area (Å²) in [5.41, 5.74) is 8.33. The van der Waals surface area contributed by atoms with E-state index in [1.54, 1.807) is 7.11 Å². The van der Waals surface area contributed by atoms with Crippen LogP contribution in [0.3, 0.4) is 0 Å². The Morgan fingerprint density at radius 1 is 0.868 bits per heavy atom. The van der Waals surface area contributed by atoms with E-state index in [0.717, 1.165) is 50.3 Å². The Kier molecular flexibility index (Phi) is 5.48. The molecule has 0 amide bonds. The van der Waals surface area contributed by atoms with E-state index >= 15 is 0 Å². The van der Waals surface area contributed by atoms with Crippen molar-refractivity contribution < 1.29 is 9.47 Å².